The van der Waals surface area contributed by atoms with Crippen molar-refractivity contribution in [2.45, 2.75) is 26.2 Å². The maximum absolute atomic E-state index is 9.41. The first-order chi connectivity index (χ1) is 5.02. The predicted octanol–water partition coefficient (Wildman–Crippen LogP) is -1.49. The van der Waals surface area contributed by atoms with Crippen molar-refractivity contribution < 1.29 is 22.5 Å². The average Bonchev–Trinajstić information content (AvgIpc) is 1.86. The fraction of sp³-hybridized carbons (Fsp3) is 0.444. The van der Waals surface area contributed by atoms with E-state index in [2.05, 4.69) is 25.8 Å². The van der Waals surface area contributed by atoms with Gasteiger partial charge in [0.15, 0.2) is 11.9 Å². The van der Waals surface area contributed by atoms with E-state index in [4.69, 9.17) is 0 Å². The van der Waals surface area contributed by atoms with E-state index >= 15 is 0 Å². The van der Waals surface area contributed by atoms with Gasteiger partial charge in [-0.15, -0.1) is 0 Å². The topological polar surface area (TPSA) is 34.4 Å². The summed E-state index contributed by atoms with van der Waals surface area (Å²) in [5.41, 5.74) is 0.853. The molecule has 0 atom stereocenters. The van der Waals surface area contributed by atoms with E-state index in [1.807, 2.05) is 6.20 Å². The van der Waals surface area contributed by atoms with E-state index in [1.165, 1.54) is 0 Å². The van der Waals surface area contributed by atoms with Crippen LogP contribution in [0.1, 0.15) is 26.5 Å². The molecule has 0 saturated heterocycles. The molecule has 12 heavy (non-hydrogen) atoms. The fourth-order valence-electron chi connectivity index (χ4n) is 1.03. The van der Waals surface area contributed by atoms with Gasteiger partial charge in [0.1, 0.15) is 0 Å². The molecule has 2 nitrogen and oxygen atoms in total. The van der Waals surface area contributed by atoms with Crippen LogP contribution in [0, 0.1) is 0 Å². The molecule has 0 aromatic carbocycles. The molecule has 0 bridgehead atoms. The van der Waals surface area contributed by atoms with Crippen molar-refractivity contribution in [2.24, 2.45) is 0 Å². The molecule has 0 amide bonds. The zero-order valence-corrected chi connectivity index (χ0v) is 8.31. The van der Waals surface area contributed by atoms with Crippen LogP contribution in [0.5, 0.6) is 5.75 Å². The van der Waals surface area contributed by atoms with Crippen molar-refractivity contribution in [1.29, 1.82) is 0 Å². The highest BCUT2D eigenvalue weighted by atomic mass is 35.5. The summed E-state index contributed by atoms with van der Waals surface area (Å²) in [5.74, 6) is 0.333. The van der Waals surface area contributed by atoms with Crippen LogP contribution in [-0.2, 0) is 5.41 Å². The molecule has 1 heterocycles. The minimum Gasteiger partial charge on any atom is -1.00 e. The van der Waals surface area contributed by atoms with E-state index in [1.54, 1.807) is 12.1 Å². The van der Waals surface area contributed by atoms with Crippen molar-refractivity contribution in [3.63, 3.8) is 0 Å². The number of nitrogens with one attached hydrogen (secondary N) is 1. The Hall–Kier alpha value is -0.760. The van der Waals surface area contributed by atoms with Crippen molar-refractivity contribution in [2.75, 3.05) is 0 Å². The summed E-state index contributed by atoms with van der Waals surface area (Å²) < 4.78 is 0. The molecular weight excluding hydrogens is 174 g/mol. The predicted molar refractivity (Wildman–Crippen MR) is 43.4 cm³/mol. The number of hydrogen-bond acceptors (Lipinski definition) is 1. The van der Waals surface area contributed by atoms with E-state index in [-0.39, 0.29) is 17.8 Å². The van der Waals surface area contributed by atoms with Gasteiger partial charge in [-0.3, -0.25) is 0 Å². The average molecular weight is 188 g/mol. The van der Waals surface area contributed by atoms with E-state index < -0.39 is 0 Å². The molecule has 2 N–H and O–H groups in total. The van der Waals surface area contributed by atoms with Crippen LogP contribution in [0.3, 0.4) is 0 Å². The monoisotopic (exact) mass is 187 g/mol. The number of rotatable bonds is 0. The van der Waals surface area contributed by atoms with E-state index in [9.17, 15) is 5.11 Å². The van der Waals surface area contributed by atoms with Gasteiger partial charge in [0.25, 0.3) is 0 Å². The Morgan fingerprint density at radius 2 is 1.92 bits per heavy atom. The van der Waals surface area contributed by atoms with Crippen LogP contribution in [0.4, 0.5) is 0 Å². The van der Waals surface area contributed by atoms with Gasteiger partial charge in [-0.1, -0.05) is 20.8 Å². The molecule has 0 fully saturated rings. The van der Waals surface area contributed by atoms with Gasteiger partial charge < -0.3 is 17.5 Å². The first-order valence-corrected chi connectivity index (χ1v) is 3.72. The summed E-state index contributed by atoms with van der Waals surface area (Å²) in [6.07, 6.45) is 1.82. The number of hydrogen-bond donors (Lipinski definition) is 1. The lowest BCUT2D eigenvalue weighted by molar-refractivity contribution is -0.397. The van der Waals surface area contributed by atoms with Crippen LogP contribution in [0.25, 0.3) is 0 Å². The van der Waals surface area contributed by atoms with Gasteiger partial charge in [-0.05, 0) is 6.07 Å². The number of halogens is 1. The smallest absolute Gasteiger partial charge is 0.227 e. The Morgan fingerprint density at radius 1 is 1.33 bits per heavy atom. The third kappa shape index (κ3) is 2.38. The molecule has 0 spiro atoms. The third-order valence-corrected chi connectivity index (χ3v) is 1.58. The van der Waals surface area contributed by atoms with Gasteiger partial charge in [-0.25, -0.2) is 4.98 Å². The Morgan fingerprint density at radius 3 is 2.25 bits per heavy atom. The Balaban J connectivity index is 0.00000121. The molecule has 68 valence electrons. The Kier molecular flexibility index (Phi) is 3.53. The highest BCUT2D eigenvalue weighted by Gasteiger charge is 2.24. The Bertz CT molecular complexity index is 255. The molecule has 0 unspecified atom stereocenters. The third-order valence-electron chi connectivity index (χ3n) is 1.58. The maximum Gasteiger partial charge on any atom is 0.227 e. The normalized spacial score (nSPS) is 10.6. The molecule has 1 aromatic heterocycles. The summed E-state index contributed by atoms with van der Waals surface area (Å²) >= 11 is 0. The molecule has 3 heteroatoms. The molecular formula is C9H14ClNO. The van der Waals surface area contributed by atoms with Gasteiger partial charge in [0, 0.05) is 6.07 Å². The van der Waals surface area contributed by atoms with Crippen LogP contribution in [0.15, 0.2) is 18.3 Å². The molecule has 1 aromatic rings. The van der Waals surface area contributed by atoms with Crippen LogP contribution in [0.2, 0.25) is 0 Å². The summed E-state index contributed by atoms with van der Waals surface area (Å²) in [6, 6.07) is 3.47. The van der Waals surface area contributed by atoms with Gasteiger partial charge in [0.2, 0.25) is 5.69 Å². The van der Waals surface area contributed by atoms with Gasteiger partial charge >= 0.3 is 0 Å². The van der Waals surface area contributed by atoms with E-state index in [0.717, 1.165) is 5.69 Å². The molecule has 0 aliphatic carbocycles. The molecule has 1 rings (SSSR count). The van der Waals surface area contributed by atoms with Crippen LogP contribution >= 0.6 is 0 Å². The number of pyridine rings is 1. The number of aromatic nitrogens is 1. The zero-order valence-electron chi connectivity index (χ0n) is 7.56. The maximum atomic E-state index is 9.41. The van der Waals surface area contributed by atoms with Crippen molar-refractivity contribution in [1.82, 2.24) is 0 Å². The first kappa shape index (κ1) is 11.2. The standard InChI is InChI=1S/C9H13NO.ClH/c1-9(2,3)8-7(11)5-4-6-10-8;/h4-6,11H,1-3H3;1H. The highest BCUT2D eigenvalue weighted by Crippen LogP contribution is 2.24. The molecule has 0 radical (unpaired) electrons. The minimum atomic E-state index is -0.0225. The van der Waals surface area contributed by atoms with Crippen molar-refractivity contribution >= 4 is 0 Å². The minimum absolute atomic E-state index is 0. The van der Waals surface area contributed by atoms with E-state index in [0.29, 0.717) is 5.75 Å². The van der Waals surface area contributed by atoms with Crippen LogP contribution in [-0.4, -0.2) is 5.11 Å². The summed E-state index contributed by atoms with van der Waals surface area (Å²) in [6.45, 7) is 6.16. The number of aromatic amines is 1. The lowest BCUT2D eigenvalue weighted by atomic mass is 9.91. The molecule has 0 saturated carbocycles. The SMILES string of the molecule is CC(C)(C)c1[nH+]cccc1O.[Cl-]. The highest BCUT2D eigenvalue weighted by molar-refractivity contribution is 5.26. The second kappa shape index (κ2) is 3.76. The lowest BCUT2D eigenvalue weighted by Crippen LogP contribution is -3.00. The summed E-state index contributed by atoms with van der Waals surface area (Å²) in [5, 5.41) is 9.41. The van der Waals surface area contributed by atoms with Crippen LogP contribution < -0.4 is 17.4 Å². The van der Waals surface area contributed by atoms with Crippen molar-refractivity contribution in [3.8, 4) is 5.75 Å². The molecule has 0 aliphatic rings. The summed E-state index contributed by atoms with van der Waals surface area (Å²) in [7, 11) is 0. The van der Waals surface area contributed by atoms with Gasteiger partial charge in [0.05, 0.1) is 5.41 Å². The fourth-order valence-corrected chi connectivity index (χ4v) is 1.03. The Labute approximate surface area is 79.1 Å². The quantitative estimate of drug-likeness (QED) is 0.528. The van der Waals surface area contributed by atoms with Crippen molar-refractivity contribution in [3.05, 3.63) is 24.0 Å². The lowest BCUT2D eigenvalue weighted by Gasteiger charge is -2.12. The largest absolute Gasteiger partial charge is 1.00 e. The summed E-state index contributed by atoms with van der Waals surface area (Å²) in [4.78, 5) is 3.03. The first-order valence-electron chi connectivity index (χ1n) is 3.72. The second-order valence-electron chi connectivity index (χ2n) is 3.68. The number of aromatic hydroxyl groups is 1. The molecule has 0 aliphatic heterocycles. The number of H-pyrrole nitrogens is 1. The van der Waals surface area contributed by atoms with Gasteiger partial charge in [-0.2, -0.15) is 0 Å². The zero-order chi connectivity index (χ0) is 8.48. The second-order valence-corrected chi connectivity index (χ2v) is 3.68.